The van der Waals surface area contributed by atoms with Gasteiger partial charge in [-0.25, -0.2) is 4.98 Å². The Kier molecular flexibility index (Phi) is 4.65. The summed E-state index contributed by atoms with van der Waals surface area (Å²) < 4.78 is 0. The number of nitrogens with zero attached hydrogens (tertiary/aromatic N) is 1. The van der Waals surface area contributed by atoms with Crippen molar-refractivity contribution in [2.75, 3.05) is 5.32 Å². The molecule has 0 unspecified atom stereocenters. The van der Waals surface area contributed by atoms with Crippen molar-refractivity contribution in [3.8, 4) is 0 Å². The Morgan fingerprint density at radius 3 is 2.60 bits per heavy atom. The highest BCUT2D eigenvalue weighted by atomic mass is 35.5. The van der Waals surface area contributed by atoms with Gasteiger partial charge in [0.05, 0.1) is 11.4 Å². The molecule has 3 N–H and O–H groups in total. The number of amides is 1. The average Bonchev–Trinajstić information content (AvgIpc) is 2.42. The molecule has 0 bridgehead atoms. The molecule has 0 atom stereocenters. The maximum atomic E-state index is 11.9. The number of pyridine rings is 1. The Morgan fingerprint density at radius 2 is 2.00 bits per heavy atom. The fourth-order valence-electron chi connectivity index (χ4n) is 1.63. The molecular formula is C14H12ClN3OS. The van der Waals surface area contributed by atoms with Gasteiger partial charge in [-0.2, -0.15) is 0 Å². The van der Waals surface area contributed by atoms with E-state index in [2.05, 4.69) is 10.3 Å². The minimum absolute atomic E-state index is 0.186. The molecule has 2 aromatic rings. The quantitative estimate of drug-likeness (QED) is 0.852. The van der Waals surface area contributed by atoms with Gasteiger partial charge in [-0.3, -0.25) is 4.79 Å². The molecule has 2 rings (SSSR count). The lowest BCUT2D eigenvalue weighted by atomic mass is 10.1. The van der Waals surface area contributed by atoms with E-state index in [1.807, 2.05) is 12.1 Å². The number of anilines is 1. The van der Waals surface area contributed by atoms with E-state index in [1.165, 1.54) is 0 Å². The summed E-state index contributed by atoms with van der Waals surface area (Å²) in [5, 5.41) is 3.07. The van der Waals surface area contributed by atoms with E-state index in [0.717, 1.165) is 11.1 Å². The lowest BCUT2D eigenvalue weighted by molar-refractivity contribution is -0.115. The summed E-state index contributed by atoms with van der Waals surface area (Å²) in [7, 11) is 0. The molecule has 0 fully saturated rings. The number of benzene rings is 1. The standard InChI is InChI=1S/C14H12ClN3OS/c15-11-2-1-7-17-14(11)18-12(19)8-9-3-5-10(6-4-9)13(16)20/h1-7H,8H2,(H2,16,20)(H,17,18,19). The molecule has 6 heteroatoms. The molecule has 0 radical (unpaired) electrons. The van der Waals surface area contributed by atoms with Crippen molar-refractivity contribution in [1.29, 1.82) is 0 Å². The van der Waals surface area contributed by atoms with Gasteiger partial charge in [0.2, 0.25) is 5.91 Å². The zero-order chi connectivity index (χ0) is 14.5. The van der Waals surface area contributed by atoms with Crippen LogP contribution in [0.3, 0.4) is 0 Å². The van der Waals surface area contributed by atoms with Crippen LogP contribution >= 0.6 is 23.8 Å². The molecule has 102 valence electrons. The zero-order valence-corrected chi connectivity index (χ0v) is 12.0. The molecular weight excluding hydrogens is 294 g/mol. The SMILES string of the molecule is NC(=S)c1ccc(CC(=O)Nc2ncccc2Cl)cc1. The van der Waals surface area contributed by atoms with E-state index in [9.17, 15) is 4.79 Å². The molecule has 4 nitrogen and oxygen atoms in total. The number of hydrogen-bond acceptors (Lipinski definition) is 3. The smallest absolute Gasteiger partial charge is 0.229 e. The highest BCUT2D eigenvalue weighted by Gasteiger charge is 2.07. The summed E-state index contributed by atoms with van der Waals surface area (Å²) >= 11 is 10.8. The Balaban J connectivity index is 2.01. The number of carbonyl (C=O) groups is 1. The van der Waals surface area contributed by atoms with Crippen LogP contribution in [0.25, 0.3) is 0 Å². The van der Waals surface area contributed by atoms with Crippen LogP contribution in [0.15, 0.2) is 42.6 Å². The Labute approximate surface area is 127 Å². The van der Waals surface area contributed by atoms with Crippen LogP contribution in [0.5, 0.6) is 0 Å². The third-order valence-corrected chi connectivity index (χ3v) is 3.16. The number of carbonyl (C=O) groups excluding carboxylic acids is 1. The van der Waals surface area contributed by atoms with Crippen molar-refractivity contribution in [3.05, 3.63) is 58.7 Å². The van der Waals surface area contributed by atoms with Gasteiger partial charge in [0.1, 0.15) is 4.99 Å². The first-order valence-electron chi connectivity index (χ1n) is 5.85. The van der Waals surface area contributed by atoms with Crippen LogP contribution in [-0.2, 0) is 11.2 Å². The first-order chi connectivity index (χ1) is 9.56. The van der Waals surface area contributed by atoms with E-state index < -0.39 is 0 Å². The van der Waals surface area contributed by atoms with Crippen molar-refractivity contribution in [3.63, 3.8) is 0 Å². The first-order valence-corrected chi connectivity index (χ1v) is 6.64. The topological polar surface area (TPSA) is 68.0 Å². The summed E-state index contributed by atoms with van der Waals surface area (Å²) in [4.78, 5) is 16.2. The van der Waals surface area contributed by atoms with Crippen molar-refractivity contribution < 1.29 is 4.79 Å². The minimum Gasteiger partial charge on any atom is -0.389 e. The van der Waals surface area contributed by atoms with Crippen LogP contribution in [0.1, 0.15) is 11.1 Å². The highest BCUT2D eigenvalue weighted by Crippen LogP contribution is 2.17. The van der Waals surface area contributed by atoms with Gasteiger partial charge in [0.15, 0.2) is 5.82 Å². The molecule has 0 aliphatic heterocycles. The molecule has 1 aromatic heterocycles. The molecule has 0 spiro atoms. The van der Waals surface area contributed by atoms with Crippen molar-refractivity contribution in [2.45, 2.75) is 6.42 Å². The van der Waals surface area contributed by atoms with Crippen LogP contribution < -0.4 is 11.1 Å². The molecule has 1 amide bonds. The largest absolute Gasteiger partial charge is 0.389 e. The lowest BCUT2D eigenvalue weighted by Gasteiger charge is -2.06. The fourth-order valence-corrected chi connectivity index (χ4v) is 1.93. The minimum atomic E-state index is -0.186. The number of hydrogen-bond donors (Lipinski definition) is 2. The maximum Gasteiger partial charge on any atom is 0.229 e. The third kappa shape index (κ3) is 3.76. The van der Waals surface area contributed by atoms with Gasteiger partial charge in [-0.15, -0.1) is 0 Å². The second-order valence-corrected chi connectivity index (χ2v) is 4.97. The van der Waals surface area contributed by atoms with Crippen LogP contribution in [-0.4, -0.2) is 15.9 Å². The van der Waals surface area contributed by atoms with E-state index >= 15 is 0 Å². The number of aromatic nitrogens is 1. The third-order valence-electron chi connectivity index (χ3n) is 2.62. The molecule has 0 saturated heterocycles. The number of thiocarbonyl (C=S) groups is 1. The van der Waals surface area contributed by atoms with Crippen molar-refractivity contribution in [2.24, 2.45) is 5.73 Å². The maximum absolute atomic E-state index is 11.9. The zero-order valence-electron chi connectivity index (χ0n) is 10.5. The van der Waals surface area contributed by atoms with Crippen LogP contribution in [0.4, 0.5) is 5.82 Å². The fraction of sp³-hybridized carbons (Fsp3) is 0.0714. The molecule has 0 saturated carbocycles. The summed E-state index contributed by atoms with van der Waals surface area (Å²) in [6, 6.07) is 10.6. The Morgan fingerprint density at radius 1 is 1.30 bits per heavy atom. The first kappa shape index (κ1) is 14.4. The van der Waals surface area contributed by atoms with Gasteiger partial charge < -0.3 is 11.1 Å². The Hall–Kier alpha value is -1.98. The van der Waals surface area contributed by atoms with Gasteiger partial charge >= 0.3 is 0 Å². The monoisotopic (exact) mass is 305 g/mol. The number of nitrogens with one attached hydrogen (secondary N) is 1. The van der Waals surface area contributed by atoms with Gasteiger partial charge in [-0.05, 0) is 17.7 Å². The number of halogens is 1. The average molecular weight is 306 g/mol. The van der Waals surface area contributed by atoms with E-state index in [1.54, 1.807) is 30.5 Å². The second kappa shape index (κ2) is 6.45. The molecule has 0 aliphatic rings. The molecule has 1 aromatic carbocycles. The molecule has 20 heavy (non-hydrogen) atoms. The van der Waals surface area contributed by atoms with Crippen LogP contribution in [0, 0.1) is 0 Å². The lowest BCUT2D eigenvalue weighted by Crippen LogP contribution is -2.16. The normalized spacial score (nSPS) is 10.1. The van der Waals surface area contributed by atoms with E-state index in [-0.39, 0.29) is 12.3 Å². The van der Waals surface area contributed by atoms with E-state index in [0.29, 0.717) is 15.8 Å². The second-order valence-electron chi connectivity index (χ2n) is 4.12. The number of rotatable bonds is 4. The number of nitrogens with two attached hydrogens (primary N) is 1. The van der Waals surface area contributed by atoms with Gasteiger partial charge in [0.25, 0.3) is 0 Å². The van der Waals surface area contributed by atoms with Gasteiger partial charge in [0, 0.05) is 11.8 Å². The van der Waals surface area contributed by atoms with E-state index in [4.69, 9.17) is 29.6 Å². The highest BCUT2D eigenvalue weighted by molar-refractivity contribution is 7.80. The molecule has 1 heterocycles. The van der Waals surface area contributed by atoms with Gasteiger partial charge in [-0.1, -0.05) is 48.1 Å². The Bertz CT molecular complexity index is 643. The summed E-state index contributed by atoms with van der Waals surface area (Å²) in [5.74, 6) is 0.174. The summed E-state index contributed by atoms with van der Waals surface area (Å²) in [6.07, 6.45) is 1.79. The van der Waals surface area contributed by atoms with Crippen LogP contribution in [0.2, 0.25) is 5.02 Å². The predicted octanol–water partition coefficient (Wildman–Crippen LogP) is 2.55. The summed E-state index contributed by atoms with van der Waals surface area (Å²) in [6.45, 7) is 0. The van der Waals surface area contributed by atoms with Crippen molar-refractivity contribution >= 4 is 40.5 Å². The van der Waals surface area contributed by atoms with Crippen molar-refractivity contribution in [1.82, 2.24) is 4.98 Å². The predicted molar refractivity (Wildman–Crippen MR) is 83.9 cm³/mol. The molecule has 0 aliphatic carbocycles. The summed E-state index contributed by atoms with van der Waals surface area (Å²) in [5.41, 5.74) is 7.14.